The second kappa shape index (κ2) is 6.80. The fourth-order valence-corrected chi connectivity index (χ4v) is 4.72. The molecule has 7 nitrogen and oxygen atoms in total. The van der Waals surface area contributed by atoms with Crippen LogP contribution < -0.4 is 4.74 Å². The van der Waals surface area contributed by atoms with Gasteiger partial charge >= 0.3 is 0 Å². The Labute approximate surface area is 178 Å². The van der Waals surface area contributed by atoms with E-state index in [9.17, 15) is 20.2 Å². The van der Waals surface area contributed by atoms with Crippen LogP contribution in [0.4, 0.5) is 4.39 Å². The number of fused-ring (bicyclic) bond motifs is 2. The van der Waals surface area contributed by atoms with Gasteiger partial charge in [0.2, 0.25) is 17.1 Å². The van der Waals surface area contributed by atoms with Crippen molar-refractivity contribution in [1.29, 1.82) is 21.2 Å². The van der Waals surface area contributed by atoms with Crippen molar-refractivity contribution in [2.24, 2.45) is 10.8 Å². The first-order chi connectivity index (χ1) is 14.8. The van der Waals surface area contributed by atoms with Crippen molar-refractivity contribution in [2.45, 2.75) is 24.7 Å². The monoisotopic (exact) mass is 416 g/mol. The van der Waals surface area contributed by atoms with Crippen LogP contribution >= 0.6 is 0 Å². The summed E-state index contributed by atoms with van der Waals surface area (Å²) in [6.07, 6.45) is -1.25. The average molecular weight is 416 g/mol. The third-order valence-corrected chi connectivity index (χ3v) is 6.14. The van der Waals surface area contributed by atoms with Gasteiger partial charge in [0, 0.05) is 6.92 Å². The first-order valence-electron chi connectivity index (χ1n) is 9.41. The van der Waals surface area contributed by atoms with Gasteiger partial charge in [-0.3, -0.25) is 5.41 Å². The van der Waals surface area contributed by atoms with E-state index in [-0.39, 0.29) is 0 Å². The average Bonchev–Trinajstić information content (AvgIpc) is 2.97. The van der Waals surface area contributed by atoms with Gasteiger partial charge in [0.15, 0.2) is 5.41 Å². The molecule has 0 saturated carbocycles. The molecule has 0 aromatic heterocycles. The largest absolute Gasteiger partial charge is 0.497 e. The predicted octanol–water partition coefficient (Wildman–Crippen LogP) is 3.96. The van der Waals surface area contributed by atoms with Crippen LogP contribution in [-0.4, -0.2) is 18.8 Å². The van der Waals surface area contributed by atoms with Crippen LogP contribution in [0.3, 0.4) is 0 Å². The maximum atomic E-state index is 13.5. The second-order valence-electron chi connectivity index (χ2n) is 7.65. The summed E-state index contributed by atoms with van der Waals surface area (Å²) in [6, 6.07) is 17.9. The van der Waals surface area contributed by atoms with E-state index in [1.165, 1.54) is 31.4 Å². The van der Waals surface area contributed by atoms with Gasteiger partial charge in [0.25, 0.3) is 0 Å². The van der Waals surface area contributed by atoms with E-state index in [1.807, 2.05) is 12.1 Å². The van der Waals surface area contributed by atoms with Crippen LogP contribution in [0.1, 0.15) is 30.1 Å². The maximum absolute atomic E-state index is 13.5. The standard InChI is InChI=1S/C23H17FN4O3/c1-21-18(14-5-9-17(29-2)10-6-14)23(13-27,20(28)31-21)22(11-25,12-26)19(30-21)15-3-7-16(24)8-4-15/h3-10,18-19,28H,1-2H3. The van der Waals surface area contributed by atoms with Crippen molar-refractivity contribution >= 4 is 5.90 Å². The SMILES string of the molecule is COc1ccc(C2C3(C)OC(=N)C2(C#N)C(C#N)(C#N)C(c2ccc(F)cc2)O3)cc1. The van der Waals surface area contributed by atoms with Gasteiger partial charge < -0.3 is 14.2 Å². The quantitative estimate of drug-likeness (QED) is 0.808. The molecule has 154 valence electrons. The molecule has 2 aliphatic rings. The molecule has 4 rings (SSSR count). The number of rotatable bonds is 3. The van der Waals surface area contributed by atoms with Crippen LogP contribution in [0.15, 0.2) is 48.5 Å². The number of nitrogens with zero attached hydrogens (tertiary/aromatic N) is 3. The summed E-state index contributed by atoms with van der Waals surface area (Å²) < 4.78 is 30.6. The van der Waals surface area contributed by atoms with Gasteiger partial charge in [-0.1, -0.05) is 24.3 Å². The highest BCUT2D eigenvalue weighted by Gasteiger charge is 2.79. The number of hydrogen-bond donors (Lipinski definition) is 1. The van der Waals surface area contributed by atoms with Gasteiger partial charge in [-0.25, -0.2) is 4.39 Å². The molecule has 2 aromatic rings. The Bertz CT molecular complexity index is 1160. The molecule has 2 aromatic carbocycles. The highest BCUT2D eigenvalue weighted by atomic mass is 19.1. The van der Waals surface area contributed by atoms with E-state index in [2.05, 4.69) is 6.07 Å². The van der Waals surface area contributed by atoms with E-state index in [0.29, 0.717) is 16.9 Å². The number of methoxy groups -OCH3 is 1. The molecule has 0 radical (unpaired) electrons. The summed E-state index contributed by atoms with van der Waals surface area (Å²) >= 11 is 0. The molecule has 2 fully saturated rings. The Morgan fingerprint density at radius 1 is 0.968 bits per heavy atom. The summed E-state index contributed by atoms with van der Waals surface area (Å²) in [5.74, 6) is -2.89. The molecule has 0 spiro atoms. The zero-order chi connectivity index (χ0) is 22.4. The van der Waals surface area contributed by atoms with Crippen molar-refractivity contribution in [3.63, 3.8) is 0 Å². The minimum Gasteiger partial charge on any atom is -0.497 e. The van der Waals surface area contributed by atoms with Crippen molar-refractivity contribution in [3.8, 4) is 24.0 Å². The number of nitriles is 3. The van der Waals surface area contributed by atoms with Crippen molar-refractivity contribution in [2.75, 3.05) is 7.11 Å². The van der Waals surface area contributed by atoms with Crippen molar-refractivity contribution in [1.82, 2.24) is 0 Å². The number of hydrogen-bond acceptors (Lipinski definition) is 7. The number of benzene rings is 2. The molecular weight excluding hydrogens is 399 g/mol. The van der Waals surface area contributed by atoms with Crippen LogP contribution in [0.2, 0.25) is 0 Å². The lowest BCUT2D eigenvalue weighted by Crippen LogP contribution is -2.57. The summed E-state index contributed by atoms with van der Waals surface area (Å²) in [7, 11) is 1.52. The van der Waals surface area contributed by atoms with E-state index in [0.717, 1.165) is 0 Å². The van der Waals surface area contributed by atoms with E-state index < -0.39 is 40.4 Å². The van der Waals surface area contributed by atoms with Crippen molar-refractivity contribution in [3.05, 3.63) is 65.5 Å². The molecule has 31 heavy (non-hydrogen) atoms. The molecule has 2 heterocycles. The summed E-state index contributed by atoms with van der Waals surface area (Å²) in [4.78, 5) is 0. The minimum atomic E-state index is -2.13. The molecule has 1 N–H and O–H groups in total. The second-order valence-corrected chi connectivity index (χ2v) is 7.65. The Balaban J connectivity index is 1.99. The molecule has 2 bridgehead atoms. The smallest absolute Gasteiger partial charge is 0.218 e. The van der Waals surface area contributed by atoms with Gasteiger partial charge in [-0.05, 0) is 35.4 Å². The topological polar surface area (TPSA) is 123 Å². The Hall–Kier alpha value is -3.93. The molecule has 2 saturated heterocycles. The van der Waals surface area contributed by atoms with Gasteiger partial charge in [0.1, 0.15) is 17.7 Å². The Kier molecular flexibility index (Phi) is 4.47. The normalized spacial score (nSPS) is 30.4. The van der Waals surface area contributed by atoms with Crippen LogP contribution in [0, 0.1) is 56.0 Å². The minimum absolute atomic E-state index is 0.335. The lowest BCUT2D eigenvalue weighted by atomic mass is 9.52. The maximum Gasteiger partial charge on any atom is 0.218 e. The number of nitrogens with one attached hydrogen (secondary N) is 1. The predicted molar refractivity (Wildman–Crippen MR) is 105 cm³/mol. The molecule has 8 heteroatoms. The molecule has 4 unspecified atom stereocenters. The van der Waals surface area contributed by atoms with Crippen LogP contribution in [0.5, 0.6) is 5.75 Å². The van der Waals surface area contributed by atoms with Gasteiger partial charge in [-0.2, -0.15) is 15.8 Å². The highest BCUT2D eigenvalue weighted by Crippen LogP contribution is 2.69. The third-order valence-electron chi connectivity index (χ3n) is 6.14. The summed E-state index contributed by atoms with van der Waals surface area (Å²) in [6.45, 7) is 1.57. The Morgan fingerprint density at radius 2 is 1.55 bits per heavy atom. The van der Waals surface area contributed by atoms with E-state index in [1.54, 1.807) is 31.2 Å². The zero-order valence-electron chi connectivity index (χ0n) is 16.7. The first-order valence-corrected chi connectivity index (χ1v) is 9.41. The zero-order valence-corrected chi connectivity index (χ0v) is 16.7. The molecule has 2 aliphatic heterocycles. The third kappa shape index (κ3) is 2.48. The first kappa shape index (κ1) is 20.3. The van der Waals surface area contributed by atoms with Crippen LogP contribution in [-0.2, 0) is 9.47 Å². The molecule has 4 atom stereocenters. The fraction of sp³-hybridized carbons (Fsp3) is 0.304. The molecule has 0 amide bonds. The van der Waals surface area contributed by atoms with E-state index in [4.69, 9.17) is 19.6 Å². The molecule has 0 aliphatic carbocycles. The lowest BCUT2D eigenvalue weighted by Gasteiger charge is -2.48. The summed E-state index contributed by atoms with van der Waals surface area (Å²) in [5.41, 5.74) is -3.20. The van der Waals surface area contributed by atoms with E-state index >= 15 is 0 Å². The lowest BCUT2D eigenvalue weighted by molar-refractivity contribution is -0.253. The number of halogens is 1. The summed E-state index contributed by atoms with van der Waals surface area (Å²) in [5, 5.41) is 39.4. The van der Waals surface area contributed by atoms with Gasteiger partial charge in [0.05, 0.1) is 31.2 Å². The fourth-order valence-electron chi connectivity index (χ4n) is 4.72. The van der Waals surface area contributed by atoms with Crippen molar-refractivity contribution < 1.29 is 18.6 Å². The molecular formula is C23H17FN4O3. The van der Waals surface area contributed by atoms with Crippen LogP contribution in [0.25, 0.3) is 0 Å². The Morgan fingerprint density at radius 3 is 2.06 bits per heavy atom. The highest BCUT2D eigenvalue weighted by molar-refractivity contribution is 5.90. The number of ether oxygens (including phenoxy) is 3. The van der Waals surface area contributed by atoms with Gasteiger partial charge in [-0.15, -0.1) is 0 Å².